The minimum atomic E-state index is -4.32. The summed E-state index contributed by atoms with van der Waals surface area (Å²) in [6.45, 7) is -0.195. The van der Waals surface area contributed by atoms with Gasteiger partial charge in [-0.15, -0.1) is 0 Å². The van der Waals surface area contributed by atoms with Crippen molar-refractivity contribution in [3.63, 3.8) is 0 Å². The van der Waals surface area contributed by atoms with Gasteiger partial charge >= 0.3 is 13.2 Å². The fourth-order valence-corrected chi connectivity index (χ4v) is 2.13. The predicted molar refractivity (Wildman–Crippen MR) is 70.5 cm³/mol. The Morgan fingerprint density at radius 2 is 1.53 bits per heavy atom. The van der Waals surface area contributed by atoms with E-state index in [1.54, 1.807) is 0 Å². The number of fused-ring (bicyclic) bond motifs is 1. The van der Waals surface area contributed by atoms with Gasteiger partial charge in [0, 0.05) is 11.4 Å². The van der Waals surface area contributed by atoms with Crippen molar-refractivity contribution >= 4 is 23.8 Å². The Balaban J connectivity index is 1.89. The second-order valence-corrected chi connectivity index (χ2v) is 4.39. The van der Waals surface area contributed by atoms with E-state index in [4.69, 9.17) is 0 Å². The van der Waals surface area contributed by atoms with Crippen molar-refractivity contribution in [2.75, 3.05) is 10.5 Å². The summed E-state index contributed by atoms with van der Waals surface area (Å²) in [5, 5.41) is 6.20. The van der Waals surface area contributed by atoms with Crippen molar-refractivity contribution in [2.45, 2.75) is 6.18 Å². The molecule has 2 aromatic rings. The molecular formula is C13H10BF3N2. The molecule has 0 saturated carbocycles. The summed E-state index contributed by atoms with van der Waals surface area (Å²) in [6, 6.07) is 13.2. The van der Waals surface area contributed by atoms with E-state index in [1.807, 2.05) is 30.3 Å². The van der Waals surface area contributed by atoms with E-state index in [2.05, 4.69) is 10.5 Å². The summed E-state index contributed by atoms with van der Waals surface area (Å²) in [4.78, 5) is 0. The van der Waals surface area contributed by atoms with E-state index < -0.39 is 11.7 Å². The molecule has 0 amide bonds. The SMILES string of the molecule is FC(F)(F)c1ccc2c(c1)NB(c1ccccc1)N2. The van der Waals surface area contributed by atoms with Crippen LogP contribution in [0.4, 0.5) is 24.5 Å². The lowest BCUT2D eigenvalue weighted by Crippen LogP contribution is -2.41. The zero-order chi connectivity index (χ0) is 13.5. The van der Waals surface area contributed by atoms with E-state index in [9.17, 15) is 13.2 Å². The number of alkyl halides is 3. The molecule has 2 N–H and O–H groups in total. The quantitative estimate of drug-likeness (QED) is 0.772. The lowest BCUT2D eigenvalue weighted by Gasteiger charge is -2.08. The molecule has 1 aliphatic heterocycles. The van der Waals surface area contributed by atoms with Crippen LogP contribution in [-0.4, -0.2) is 6.98 Å². The van der Waals surface area contributed by atoms with E-state index in [1.165, 1.54) is 6.07 Å². The Bertz CT molecular complexity index is 599. The normalized spacial score (nSPS) is 13.7. The molecule has 0 fully saturated rings. The molecule has 2 nitrogen and oxygen atoms in total. The third-order valence-corrected chi connectivity index (χ3v) is 3.08. The van der Waals surface area contributed by atoms with Crippen LogP contribution in [0.5, 0.6) is 0 Å². The standard InChI is InChI=1S/C13H10BF3N2/c15-13(16,17)9-6-7-11-12(8-9)19-14(18-11)10-4-2-1-3-5-10/h1-8,18-19H. The van der Waals surface area contributed by atoms with Crippen molar-refractivity contribution in [1.82, 2.24) is 0 Å². The summed E-state index contributed by atoms with van der Waals surface area (Å²) >= 11 is 0. The van der Waals surface area contributed by atoms with Crippen molar-refractivity contribution in [3.8, 4) is 0 Å². The van der Waals surface area contributed by atoms with Gasteiger partial charge in [-0.1, -0.05) is 30.3 Å². The minimum Gasteiger partial charge on any atom is -0.404 e. The first-order chi connectivity index (χ1) is 9.04. The van der Waals surface area contributed by atoms with Gasteiger partial charge in [0.05, 0.1) is 5.56 Å². The maximum absolute atomic E-state index is 12.6. The Labute approximate surface area is 108 Å². The number of halogens is 3. The minimum absolute atomic E-state index is 0.195. The molecule has 0 saturated heterocycles. The van der Waals surface area contributed by atoms with Crippen LogP contribution in [0.15, 0.2) is 48.5 Å². The second-order valence-electron chi connectivity index (χ2n) is 4.39. The molecule has 19 heavy (non-hydrogen) atoms. The van der Waals surface area contributed by atoms with E-state index in [-0.39, 0.29) is 6.98 Å². The number of hydrogen-bond donors (Lipinski definition) is 2. The molecule has 1 heterocycles. The monoisotopic (exact) mass is 262 g/mol. The van der Waals surface area contributed by atoms with E-state index >= 15 is 0 Å². The summed E-state index contributed by atoms with van der Waals surface area (Å²) in [5.41, 5.74) is 1.49. The maximum atomic E-state index is 12.6. The summed E-state index contributed by atoms with van der Waals surface area (Å²) < 4.78 is 37.9. The maximum Gasteiger partial charge on any atom is 0.416 e. The highest BCUT2D eigenvalue weighted by Gasteiger charge is 2.33. The first-order valence-corrected chi connectivity index (χ1v) is 5.83. The number of rotatable bonds is 1. The van der Waals surface area contributed by atoms with Gasteiger partial charge in [-0.25, -0.2) is 0 Å². The highest BCUT2D eigenvalue weighted by Crippen LogP contribution is 2.35. The lowest BCUT2D eigenvalue weighted by molar-refractivity contribution is -0.137. The molecule has 0 atom stereocenters. The number of anilines is 2. The van der Waals surface area contributed by atoms with Crippen LogP contribution in [0, 0.1) is 0 Å². The fourth-order valence-electron chi connectivity index (χ4n) is 2.13. The van der Waals surface area contributed by atoms with Gasteiger partial charge in [0.1, 0.15) is 0 Å². The Hall–Kier alpha value is -2.11. The molecular weight excluding hydrogens is 252 g/mol. The first-order valence-electron chi connectivity index (χ1n) is 5.83. The van der Waals surface area contributed by atoms with Crippen molar-refractivity contribution in [2.24, 2.45) is 0 Å². The summed E-state index contributed by atoms with van der Waals surface area (Å²) in [7, 11) is 0. The topological polar surface area (TPSA) is 24.1 Å². The van der Waals surface area contributed by atoms with Crippen molar-refractivity contribution in [1.29, 1.82) is 0 Å². The molecule has 96 valence electrons. The highest BCUT2D eigenvalue weighted by molar-refractivity contribution is 6.80. The van der Waals surface area contributed by atoms with Gasteiger partial charge in [0.25, 0.3) is 0 Å². The highest BCUT2D eigenvalue weighted by atomic mass is 19.4. The molecule has 1 aliphatic rings. The molecule has 0 radical (unpaired) electrons. The summed E-state index contributed by atoms with van der Waals surface area (Å²) in [5.74, 6) is 0. The predicted octanol–water partition coefficient (Wildman–Crippen LogP) is 2.94. The molecule has 0 aliphatic carbocycles. The van der Waals surface area contributed by atoms with Crippen LogP contribution in [0.3, 0.4) is 0 Å². The van der Waals surface area contributed by atoms with Crippen LogP contribution in [0.1, 0.15) is 5.56 Å². The van der Waals surface area contributed by atoms with Crippen LogP contribution in [0.25, 0.3) is 0 Å². The van der Waals surface area contributed by atoms with Gasteiger partial charge in [0.2, 0.25) is 0 Å². The lowest BCUT2D eigenvalue weighted by atomic mass is 9.69. The zero-order valence-electron chi connectivity index (χ0n) is 9.83. The molecule has 6 heteroatoms. The Morgan fingerprint density at radius 1 is 0.842 bits per heavy atom. The van der Waals surface area contributed by atoms with Crippen LogP contribution in [0.2, 0.25) is 0 Å². The molecule has 0 unspecified atom stereocenters. The van der Waals surface area contributed by atoms with E-state index in [0.717, 1.165) is 17.6 Å². The van der Waals surface area contributed by atoms with Gasteiger partial charge in [0.15, 0.2) is 0 Å². The van der Waals surface area contributed by atoms with Crippen molar-refractivity contribution < 1.29 is 13.2 Å². The number of nitrogens with one attached hydrogen (secondary N) is 2. The van der Waals surface area contributed by atoms with E-state index in [0.29, 0.717) is 11.4 Å². The average Bonchev–Trinajstić information content (AvgIpc) is 2.81. The van der Waals surface area contributed by atoms with Crippen LogP contribution in [-0.2, 0) is 6.18 Å². The fraction of sp³-hybridized carbons (Fsp3) is 0.0769. The molecule has 0 spiro atoms. The van der Waals surface area contributed by atoms with Gasteiger partial charge in [-0.2, -0.15) is 13.2 Å². The van der Waals surface area contributed by atoms with Crippen molar-refractivity contribution in [3.05, 3.63) is 54.1 Å². The Kier molecular flexibility index (Phi) is 2.66. The first kappa shape index (κ1) is 12.0. The smallest absolute Gasteiger partial charge is 0.404 e. The largest absolute Gasteiger partial charge is 0.416 e. The third kappa shape index (κ3) is 2.25. The second kappa shape index (κ2) is 4.22. The van der Waals surface area contributed by atoms with Gasteiger partial charge in [-0.05, 0) is 23.7 Å². The van der Waals surface area contributed by atoms with Crippen LogP contribution >= 0.6 is 0 Å². The molecule has 3 rings (SSSR count). The molecule has 0 bridgehead atoms. The number of hydrogen-bond acceptors (Lipinski definition) is 2. The van der Waals surface area contributed by atoms with Gasteiger partial charge in [-0.3, -0.25) is 0 Å². The Morgan fingerprint density at radius 3 is 2.21 bits per heavy atom. The zero-order valence-corrected chi connectivity index (χ0v) is 9.83. The van der Waals surface area contributed by atoms with Crippen LogP contribution < -0.4 is 15.9 Å². The third-order valence-electron chi connectivity index (χ3n) is 3.08. The molecule has 2 aromatic carbocycles. The molecule has 0 aromatic heterocycles. The average molecular weight is 262 g/mol. The summed E-state index contributed by atoms with van der Waals surface area (Å²) in [6.07, 6.45) is -4.32. The number of benzene rings is 2. The van der Waals surface area contributed by atoms with Gasteiger partial charge < -0.3 is 10.5 Å².